The fraction of sp³-hybridized carbons (Fsp3) is 0.571. The molecule has 2 aromatic rings. The topological polar surface area (TPSA) is 90.3 Å². The number of nitriles is 1. The molecule has 2 rings (SSSR count). The van der Waals surface area contributed by atoms with Gasteiger partial charge in [-0.05, 0) is 39.4 Å². The molecule has 7 heteroatoms. The third kappa shape index (κ3) is 4.16. The van der Waals surface area contributed by atoms with Crippen LogP contribution in [-0.2, 0) is 0 Å². The molecule has 0 saturated carbocycles. The van der Waals surface area contributed by atoms with E-state index in [1.165, 1.54) is 6.33 Å². The molecule has 2 heterocycles. The second-order valence-corrected chi connectivity index (χ2v) is 6.56. The third-order valence-corrected chi connectivity index (χ3v) is 4.18. The smallest absolute Gasteiger partial charge is 0.181 e. The van der Waals surface area contributed by atoms with E-state index in [4.69, 9.17) is 0 Å². The summed E-state index contributed by atoms with van der Waals surface area (Å²) in [6, 6.07) is 2.67. The summed E-state index contributed by atoms with van der Waals surface area (Å²) in [5.41, 5.74) is 1.10. The number of rotatable bonds is 7. The van der Waals surface area contributed by atoms with E-state index in [0.29, 0.717) is 11.7 Å². The number of nitrogens with zero attached hydrogens (tertiary/aromatic N) is 4. The van der Waals surface area contributed by atoms with E-state index in [2.05, 4.69) is 45.2 Å². The van der Waals surface area contributed by atoms with Gasteiger partial charge in [0, 0.05) is 6.04 Å². The molecule has 2 aromatic heterocycles. The van der Waals surface area contributed by atoms with Crippen molar-refractivity contribution in [3.63, 3.8) is 0 Å². The van der Waals surface area contributed by atoms with E-state index < -0.39 is 5.54 Å². The minimum Gasteiger partial charge on any atom is -0.341 e. The molecule has 0 fully saturated rings. The van der Waals surface area contributed by atoms with Gasteiger partial charge < -0.3 is 4.98 Å². The van der Waals surface area contributed by atoms with Gasteiger partial charge in [0.1, 0.15) is 22.4 Å². The molecule has 0 amide bonds. The monoisotopic (exact) mass is 304 g/mol. The Morgan fingerprint density at radius 1 is 1.43 bits per heavy atom. The number of aromatic nitrogens is 4. The largest absolute Gasteiger partial charge is 0.341 e. The zero-order valence-electron chi connectivity index (χ0n) is 12.6. The SMILES string of the molecule is CC(C)NC(C)(C#N)CCCSc1ncnc2nc[nH]c12. The number of nitrogens with one attached hydrogen (secondary N) is 2. The predicted molar refractivity (Wildman–Crippen MR) is 83.9 cm³/mol. The minimum atomic E-state index is -0.469. The van der Waals surface area contributed by atoms with Gasteiger partial charge in [-0.25, -0.2) is 15.0 Å². The number of aromatic amines is 1. The van der Waals surface area contributed by atoms with E-state index in [0.717, 1.165) is 29.1 Å². The van der Waals surface area contributed by atoms with Crippen LogP contribution in [0, 0.1) is 11.3 Å². The molecular weight excluding hydrogens is 284 g/mol. The Bertz CT molecular complexity index is 632. The van der Waals surface area contributed by atoms with Crippen molar-refractivity contribution in [2.45, 2.75) is 50.2 Å². The van der Waals surface area contributed by atoms with E-state index in [1.54, 1.807) is 18.1 Å². The highest BCUT2D eigenvalue weighted by Crippen LogP contribution is 2.24. The van der Waals surface area contributed by atoms with Gasteiger partial charge in [-0.3, -0.25) is 5.32 Å². The van der Waals surface area contributed by atoms with E-state index in [1.807, 2.05) is 6.92 Å². The Hall–Kier alpha value is -1.65. The summed E-state index contributed by atoms with van der Waals surface area (Å²) < 4.78 is 0. The summed E-state index contributed by atoms with van der Waals surface area (Å²) in [4.78, 5) is 15.6. The molecule has 21 heavy (non-hydrogen) atoms. The van der Waals surface area contributed by atoms with Crippen LogP contribution in [0.2, 0.25) is 0 Å². The van der Waals surface area contributed by atoms with Gasteiger partial charge >= 0.3 is 0 Å². The Kier molecular flexibility index (Phi) is 5.15. The Morgan fingerprint density at radius 2 is 2.24 bits per heavy atom. The molecule has 1 atom stereocenters. The quantitative estimate of drug-likeness (QED) is 0.464. The first-order valence-electron chi connectivity index (χ1n) is 7.00. The van der Waals surface area contributed by atoms with Crippen molar-refractivity contribution in [1.29, 1.82) is 5.26 Å². The first-order chi connectivity index (χ1) is 10.0. The first-order valence-corrected chi connectivity index (χ1v) is 7.98. The number of hydrogen-bond donors (Lipinski definition) is 2. The van der Waals surface area contributed by atoms with Crippen LogP contribution >= 0.6 is 11.8 Å². The van der Waals surface area contributed by atoms with Crippen molar-refractivity contribution in [2.24, 2.45) is 0 Å². The maximum atomic E-state index is 9.31. The molecule has 0 spiro atoms. The van der Waals surface area contributed by atoms with Crippen LogP contribution < -0.4 is 5.32 Å². The van der Waals surface area contributed by atoms with Crippen molar-refractivity contribution in [3.8, 4) is 6.07 Å². The second kappa shape index (κ2) is 6.87. The fourth-order valence-electron chi connectivity index (χ4n) is 2.24. The predicted octanol–water partition coefficient (Wildman–Crippen LogP) is 2.51. The summed E-state index contributed by atoms with van der Waals surface area (Å²) in [6.45, 7) is 6.07. The van der Waals surface area contributed by atoms with Crippen LogP contribution in [0.1, 0.15) is 33.6 Å². The third-order valence-electron chi connectivity index (χ3n) is 3.10. The van der Waals surface area contributed by atoms with Crippen LogP contribution in [0.5, 0.6) is 0 Å². The van der Waals surface area contributed by atoms with Gasteiger partial charge in [0.2, 0.25) is 0 Å². The molecule has 112 valence electrons. The number of imidazole rings is 1. The Morgan fingerprint density at radius 3 is 2.95 bits per heavy atom. The summed E-state index contributed by atoms with van der Waals surface area (Å²) in [5, 5.41) is 13.5. The summed E-state index contributed by atoms with van der Waals surface area (Å²) >= 11 is 1.67. The lowest BCUT2D eigenvalue weighted by Gasteiger charge is -2.25. The van der Waals surface area contributed by atoms with Crippen LogP contribution in [0.4, 0.5) is 0 Å². The molecule has 0 aliphatic carbocycles. The van der Waals surface area contributed by atoms with Crippen molar-refractivity contribution in [3.05, 3.63) is 12.7 Å². The molecule has 0 aliphatic heterocycles. The average molecular weight is 304 g/mol. The number of thioether (sulfide) groups is 1. The van der Waals surface area contributed by atoms with E-state index >= 15 is 0 Å². The highest BCUT2D eigenvalue weighted by molar-refractivity contribution is 7.99. The lowest BCUT2D eigenvalue weighted by atomic mass is 9.97. The lowest BCUT2D eigenvalue weighted by molar-refractivity contribution is 0.380. The molecule has 1 unspecified atom stereocenters. The maximum absolute atomic E-state index is 9.31. The molecule has 0 aromatic carbocycles. The molecule has 0 saturated heterocycles. The Labute approximate surface area is 128 Å². The minimum absolute atomic E-state index is 0.300. The number of fused-ring (bicyclic) bond motifs is 1. The van der Waals surface area contributed by atoms with Crippen molar-refractivity contribution in [2.75, 3.05) is 5.75 Å². The molecule has 0 bridgehead atoms. The van der Waals surface area contributed by atoms with Crippen molar-refractivity contribution in [1.82, 2.24) is 25.3 Å². The summed E-state index contributed by atoms with van der Waals surface area (Å²) in [7, 11) is 0. The van der Waals surface area contributed by atoms with Crippen LogP contribution in [-0.4, -0.2) is 37.3 Å². The van der Waals surface area contributed by atoms with Crippen molar-refractivity contribution < 1.29 is 0 Å². The van der Waals surface area contributed by atoms with Gasteiger partial charge in [0.05, 0.1) is 12.4 Å². The van der Waals surface area contributed by atoms with Gasteiger partial charge in [0.25, 0.3) is 0 Å². The van der Waals surface area contributed by atoms with Crippen LogP contribution in [0.25, 0.3) is 11.2 Å². The standard InChI is InChI=1S/C14H20N6S/c1-10(2)20-14(3,7-15)5-4-6-21-13-11-12(17-8-16-11)18-9-19-13/h8-10,20H,4-6H2,1-3H3,(H,16,17,18,19). The fourth-order valence-corrected chi connectivity index (χ4v) is 3.14. The van der Waals surface area contributed by atoms with Gasteiger partial charge in [-0.2, -0.15) is 5.26 Å². The van der Waals surface area contributed by atoms with Gasteiger partial charge in [-0.1, -0.05) is 0 Å². The number of hydrogen-bond acceptors (Lipinski definition) is 6. The maximum Gasteiger partial charge on any atom is 0.181 e. The number of H-pyrrole nitrogens is 1. The normalized spacial score (nSPS) is 14.2. The molecule has 6 nitrogen and oxygen atoms in total. The molecule has 2 N–H and O–H groups in total. The Balaban J connectivity index is 1.87. The average Bonchev–Trinajstić information content (AvgIpc) is 2.92. The second-order valence-electron chi connectivity index (χ2n) is 5.47. The first kappa shape index (κ1) is 15.7. The van der Waals surface area contributed by atoms with Crippen LogP contribution in [0.3, 0.4) is 0 Å². The molecule has 0 aliphatic rings. The summed E-state index contributed by atoms with van der Waals surface area (Å²) in [5.74, 6) is 0.905. The van der Waals surface area contributed by atoms with Crippen molar-refractivity contribution >= 4 is 22.9 Å². The molecular formula is C14H20N6S. The lowest BCUT2D eigenvalue weighted by Crippen LogP contribution is -2.44. The van der Waals surface area contributed by atoms with Crippen LogP contribution in [0.15, 0.2) is 17.7 Å². The highest BCUT2D eigenvalue weighted by Gasteiger charge is 2.23. The summed E-state index contributed by atoms with van der Waals surface area (Å²) in [6.07, 6.45) is 4.91. The zero-order chi connectivity index (χ0) is 15.3. The highest BCUT2D eigenvalue weighted by atomic mass is 32.2. The van der Waals surface area contributed by atoms with E-state index in [9.17, 15) is 5.26 Å². The van der Waals surface area contributed by atoms with Gasteiger partial charge in [0.15, 0.2) is 5.65 Å². The molecule has 0 radical (unpaired) electrons. The van der Waals surface area contributed by atoms with E-state index in [-0.39, 0.29) is 0 Å². The zero-order valence-corrected chi connectivity index (χ0v) is 13.4. The van der Waals surface area contributed by atoms with Gasteiger partial charge in [-0.15, -0.1) is 11.8 Å².